The number of fused-ring (bicyclic) bond motifs is 1. The van der Waals surface area contributed by atoms with Crippen LogP contribution in [-0.2, 0) is 36.9 Å². The first-order valence-electron chi connectivity index (χ1n) is 11.7. The smallest absolute Gasteiger partial charge is 0.416 e. The Morgan fingerprint density at radius 1 is 1.16 bits per heavy atom. The number of hydrogen-bond acceptors (Lipinski definition) is 7. The number of esters is 1. The standard InChI is InChI=1S/C25H29F3N2O7S/c1-24(2,3)37-23(33)12-16-7-8-21-20(11-16)30(15-18(36-21)14-22(32)29-9-10-31)38(34,35)19-6-4-5-17(13-19)25(26,27)28/h4-8,11,13,18,31H,9-10,12,14-15H2,1-3H3,(H,29,32)/t18-/m0/s1. The lowest BCUT2D eigenvalue weighted by Gasteiger charge is -2.35. The van der Waals surface area contributed by atoms with Gasteiger partial charge in [0.05, 0.1) is 42.1 Å². The lowest BCUT2D eigenvalue weighted by Crippen LogP contribution is -2.45. The molecular formula is C25H29F3N2O7S. The average molecular weight is 559 g/mol. The van der Waals surface area contributed by atoms with E-state index < -0.39 is 50.2 Å². The van der Waals surface area contributed by atoms with E-state index in [9.17, 15) is 31.2 Å². The fourth-order valence-corrected chi connectivity index (χ4v) is 5.33. The topological polar surface area (TPSA) is 122 Å². The van der Waals surface area contributed by atoms with Crippen molar-refractivity contribution >= 4 is 27.6 Å². The van der Waals surface area contributed by atoms with E-state index in [0.717, 1.165) is 22.5 Å². The summed E-state index contributed by atoms with van der Waals surface area (Å²) in [6.45, 7) is 4.41. The second-order valence-electron chi connectivity index (χ2n) is 9.64. The van der Waals surface area contributed by atoms with Crippen molar-refractivity contribution in [3.63, 3.8) is 0 Å². The highest BCUT2D eigenvalue weighted by atomic mass is 32.2. The molecule has 2 aromatic carbocycles. The van der Waals surface area contributed by atoms with E-state index in [1.54, 1.807) is 20.8 Å². The van der Waals surface area contributed by atoms with Gasteiger partial charge in [-0.05, 0) is 56.7 Å². The second-order valence-corrected chi connectivity index (χ2v) is 11.5. The molecule has 0 saturated carbocycles. The van der Waals surface area contributed by atoms with Crippen LogP contribution in [0.5, 0.6) is 5.75 Å². The van der Waals surface area contributed by atoms with Crippen LogP contribution in [0.2, 0.25) is 0 Å². The van der Waals surface area contributed by atoms with Crippen molar-refractivity contribution in [3.8, 4) is 5.75 Å². The largest absolute Gasteiger partial charge is 0.486 e. The molecule has 38 heavy (non-hydrogen) atoms. The van der Waals surface area contributed by atoms with E-state index in [2.05, 4.69) is 5.32 Å². The van der Waals surface area contributed by atoms with E-state index in [4.69, 9.17) is 14.6 Å². The van der Waals surface area contributed by atoms with Crippen molar-refractivity contribution in [2.45, 2.75) is 56.4 Å². The summed E-state index contributed by atoms with van der Waals surface area (Å²) in [5.74, 6) is -0.995. The van der Waals surface area contributed by atoms with Crippen LogP contribution in [0.25, 0.3) is 0 Å². The summed E-state index contributed by atoms with van der Waals surface area (Å²) in [6.07, 6.45) is -6.19. The molecule has 0 saturated heterocycles. The van der Waals surface area contributed by atoms with E-state index in [-0.39, 0.29) is 44.0 Å². The molecular weight excluding hydrogens is 529 g/mol. The number of benzene rings is 2. The van der Waals surface area contributed by atoms with Gasteiger partial charge in [-0.15, -0.1) is 0 Å². The third-order valence-corrected chi connectivity index (χ3v) is 7.10. The van der Waals surface area contributed by atoms with Crippen molar-refractivity contribution in [2.24, 2.45) is 0 Å². The molecule has 1 atom stereocenters. The first kappa shape index (κ1) is 29.2. The first-order chi connectivity index (χ1) is 17.6. The van der Waals surface area contributed by atoms with Crippen molar-refractivity contribution in [1.82, 2.24) is 5.32 Å². The molecule has 1 amide bonds. The summed E-state index contributed by atoms with van der Waals surface area (Å²) in [6, 6.07) is 7.71. The predicted molar refractivity (Wildman–Crippen MR) is 131 cm³/mol. The van der Waals surface area contributed by atoms with Crippen LogP contribution < -0.4 is 14.4 Å². The summed E-state index contributed by atoms with van der Waals surface area (Å²) in [7, 11) is -4.55. The van der Waals surface area contributed by atoms with Crippen LogP contribution in [0.4, 0.5) is 18.9 Å². The Hall–Kier alpha value is -3.32. The highest BCUT2D eigenvalue weighted by Gasteiger charge is 2.37. The van der Waals surface area contributed by atoms with Gasteiger partial charge in [-0.2, -0.15) is 13.2 Å². The number of halogens is 3. The molecule has 0 aromatic heterocycles. The van der Waals surface area contributed by atoms with Crippen molar-refractivity contribution in [2.75, 3.05) is 24.0 Å². The Bertz CT molecular complexity index is 1290. The second kappa shape index (κ2) is 11.2. The minimum absolute atomic E-state index is 0.00971. The summed E-state index contributed by atoms with van der Waals surface area (Å²) in [5, 5.41) is 11.4. The number of rotatable bonds is 8. The van der Waals surface area contributed by atoms with Gasteiger partial charge in [0.1, 0.15) is 17.5 Å². The van der Waals surface area contributed by atoms with Gasteiger partial charge in [0.25, 0.3) is 10.0 Å². The molecule has 13 heteroatoms. The number of nitrogens with one attached hydrogen (secondary N) is 1. The minimum atomic E-state index is -4.76. The van der Waals surface area contributed by atoms with E-state index >= 15 is 0 Å². The monoisotopic (exact) mass is 558 g/mol. The first-order valence-corrected chi connectivity index (χ1v) is 13.1. The number of nitrogens with zero attached hydrogens (tertiary/aromatic N) is 1. The Balaban J connectivity index is 2.01. The number of alkyl halides is 3. The zero-order valence-electron chi connectivity index (χ0n) is 21.0. The molecule has 9 nitrogen and oxygen atoms in total. The summed E-state index contributed by atoms with van der Waals surface area (Å²) in [5.41, 5.74) is -1.47. The van der Waals surface area contributed by atoms with Gasteiger partial charge >= 0.3 is 12.1 Å². The average Bonchev–Trinajstić information content (AvgIpc) is 2.80. The van der Waals surface area contributed by atoms with Crippen LogP contribution in [0, 0.1) is 0 Å². The van der Waals surface area contributed by atoms with Crippen LogP contribution in [0.15, 0.2) is 47.4 Å². The molecule has 1 aliphatic rings. The number of carbonyl (C=O) groups is 2. The van der Waals surface area contributed by atoms with E-state index in [1.165, 1.54) is 18.2 Å². The Labute approximate surface area is 218 Å². The van der Waals surface area contributed by atoms with Gasteiger partial charge in [-0.3, -0.25) is 13.9 Å². The predicted octanol–water partition coefficient (Wildman–Crippen LogP) is 3.04. The van der Waals surface area contributed by atoms with Crippen LogP contribution in [-0.4, -0.2) is 56.8 Å². The quantitative estimate of drug-likeness (QED) is 0.478. The zero-order chi connectivity index (χ0) is 28.3. The highest BCUT2D eigenvalue weighted by Crippen LogP contribution is 2.39. The molecule has 0 spiro atoms. The van der Waals surface area contributed by atoms with E-state index in [0.29, 0.717) is 11.6 Å². The number of sulfonamides is 1. The maximum atomic E-state index is 13.6. The van der Waals surface area contributed by atoms with Crippen LogP contribution >= 0.6 is 0 Å². The molecule has 2 aromatic rings. The normalized spacial score (nSPS) is 15.9. The van der Waals surface area contributed by atoms with Gasteiger partial charge < -0.3 is 19.9 Å². The van der Waals surface area contributed by atoms with Gasteiger partial charge in [0, 0.05) is 6.54 Å². The molecule has 1 aliphatic heterocycles. The SMILES string of the molecule is CC(C)(C)OC(=O)Cc1ccc2c(c1)N(S(=O)(=O)c1cccc(C(F)(F)F)c1)C[C@H](CC(=O)NCCO)O2. The van der Waals surface area contributed by atoms with Gasteiger partial charge in [-0.25, -0.2) is 8.42 Å². The number of amides is 1. The van der Waals surface area contributed by atoms with Crippen molar-refractivity contribution in [1.29, 1.82) is 0 Å². The number of anilines is 1. The molecule has 0 radical (unpaired) electrons. The molecule has 0 bridgehead atoms. The lowest BCUT2D eigenvalue weighted by atomic mass is 10.1. The third kappa shape index (κ3) is 7.38. The number of aliphatic hydroxyl groups is 1. The van der Waals surface area contributed by atoms with Gasteiger partial charge in [0.15, 0.2) is 0 Å². The van der Waals surface area contributed by atoms with Crippen LogP contribution in [0.1, 0.15) is 38.3 Å². The summed E-state index contributed by atoms with van der Waals surface area (Å²) in [4.78, 5) is 23.9. The van der Waals surface area contributed by atoms with Gasteiger partial charge in [0.2, 0.25) is 5.91 Å². The maximum absolute atomic E-state index is 13.6. The number of ether oxygens (including phenoxy) is 2. The zero-order valence-corrected chi connectivity index (χ0v) is 21.9. The number of aliphatic hydroxyl groups excluding tert-OH is 1. The van der Waals surface area contributed by atoms with Crippen LogP contribution in [0.3, 0.4) is 0 Å². The van der Waals surface area contributed by atoms with E-state index in [1.807, 2.05) is 0 Å². The highest BCUT2D eigenvalue weighted by molar-refractivity contribution is 7.92. The molecule has 0 fully saturated rings. The Kier molecular flexibility index (Phi) is 8.62. The molecule has 3 rings (SSSR count). The summed E-state index contributed by atoms with van der Waals surface area (Å²) >= 11 is 0. The maximum Gasteiger partial charge on any atom is 0.416 e. The Morgan fingerprint density at radius 3 is 2.50 bits per heavy atom. The minimum Gasteiger partial charge on any atom is -0.486 e. The third-order valence-electron chi connectivity index (χ3n) is 5.32. The fourth-order valence-electron chi connectivity index (χ4n) is 3.78. The van der Waals surface area contributed by atoms with Gasteiger partial charge in [-0.1, -0.05) is 12.1 Å². The molecule has 0 unspecified atom stereocenters. The summed E-state index contributed by atoms with van der Waals surface area (Å²) < 4.78 is 79.2. The van der Waals surface area contributed by atoms with Crippen molar-refractivity contribution in [3.05, 3.63) is 53.6 Å². The fraction of sp³-hybridized carbons (Fsp3) is 0.440. The number of hydrogen-bond donors (Lipinski definition) is 2. The number of carbonyl (C=O) groups excluding carboxylic acids is 2. The van der Waals surface area contributed by atoms with Crippen molar-refractivity contribution < 1.29 is 45.8 Å². The Morgan fingerprint density at radius 2 is 1.87 bits per heavy atom. The molecule has 2 N–H and O–H groups in total. The lowest BCUT2D eigenvalue weighted by molar-refractivity contribution is -0.154. The molecule has 1 heterocycles. The molecule has 0 aliphatic carbocycles. The molecule has 208 valence electrons.